The minimum Gasteiger partial charge on any atom is -0.473 e. The summed E-state index contributed by atoms with van der Waals surface area (Å²) in [6.45, 7) is 8.96. The molecule has 2 rings (SSSR count). The van der Waals surface area contributed by atoms with Crippen LogP contribution >= 0.6 is 0 Å². The van der Waals surface area contributed by atoms with Gasteiger partial charge in [-0.25, -0.2) is 9.59 Å². The van der Waals surface area contributed by atoms with Crippen molar-refractivity contribution in [3.63, 3.8) is 0 Å². The van der Waals surface area contributed by atoms with Gasteiger partial charge >= 0.3 is 11.9 Å². The van der Waals surface area contributed by atoms with Crippen LogP contribution in [0, 0.1) is 0 Å². The number of hydrogen-bond donors (Lipinski definition) is 3. The Kier molecular flexibility index (Phi) is 6.90. The van der Waals surface area contributed by atoms with Gasteiger partial charge in [-0.2, -0.15) is 0 Å². The van der Waals surface area contributed by atoms with E-state index in [9.17, 15) is 0 Å². The molecule has 0 aromatic rings. The maximum absolute atomic E-state index is 9.10. The van der Waals surface area contributed by atoms with Crippen molar-refractivity contribution in [3.8, 4) is 0 Å². The molecule has 0 spiro atoms. The summed E-state index contributed by atoms with van der Waals surface area (Å²) in [5.74, 6) is -3.65. The van der Waals surface area contributed by atoms with E-state index in [-0.39, 0.29) is 0 Å². The monoisotopic (exact) mass is 288 g/mol. The molecule has 3 unspecified atom stereocenters. The number of nitrogens with one attached hydrogen (secondary N) is 1. The topological polar surface area (TPSA) is 99.1 Å². The van der Waals surface area contributed by atoms with E-state index in [4.69, 9.17) is 24.5 Å². The molecular formula is C13H24N2O5. The first-order chi connectivity index (χ1) is 9.38. The van der Waals surface area contributed by atoms with Crippen molar-refractivity contribution in [1.82, 2.24) is 10.2 Å². The van der Waals surface area contributed by atoms with Gasteiger partial charge in [0.2, 0.25) is 0 Å². The Hall–Kier alpha value is -1.18. The minimum absolute atomic E-state index is 0.403. The highest BCUT2D eigenvalue weighted by atomic mass is 16.5. The van der Waals surface area contributed by atoms with Gasteiger partial charge in [0.05, 0.1) is 12.2 Å². The zero-order chi connectivity index (χ0) is 15.1. The van der Waals surface area contributed by atoms with Gasteiger partial charge in [-0.1, -0.05) is 0 Å². The molecule has 0 radical (unpaired) electrons. The van der Waals surface area contributed by atoms with Crippen LogP contribution in [-0.4, -0.2) is 71.5 Å². The van der Waals surface area contributed by atoms with Crippen LogP contribution in [0.15, 0.2) is 0 Å². The number of rotatable bonds is 2. The van der Waals surface area contributed by atoms with Gasteiger partial charge < -0.3 is 20.3 Å². The summed E-state index contributed by atoms with van der Waals surface area (Å²) < 4.78 is 5.72. The Bertz CT molecular complexity index is 309. The molecule has 20 heavy (non-hydrogen) atoms. The Balaban J connectivity index is 0.000000286. The number of ether oxygens (including phenoxy) is 1. The van der Waals surface area contributed by atoms with Crippen molar-refractivity contribution in [2.24, 2.45) is 0 Å². The summed E-state index contributed by atoms with van der Waals surface area (Å²) in [4.78, 5) is 20.7. The normalized spacial score (nSPS) is 30.4. The summed E-state index contributed by atoms with van der Waals surface area (Å²) in [7, 11) is 0. The molecule has 2 aliphatic heterocycles. The molecule has 0 aromatic carbocycles. The average molecular weight is 288 g/mol. The molecule has 0 amide bonds. The lowest BCUT2D eigenvalue weighted by Gasteiger charge is -2.36. The third-order valence-corrected chi connectivity index (χ3v) is 3.32. The second-order valence-electron chi connectivity index (χ2n) is 5.38. The van der Waals surface area contributed by atoms with E-state index in [2.05, 4.69) is 24.1 Å². The largest absolute Gasteiger partial charge is 0.473 e. The fourth-order valence-electron chi connectivity index (χ4n) is 2.66. The average Bonchev–Trinajstić information content (AvgIpc) is 2.81. The quantitative estimate of drug-likeness (QED) is 0.615. The van der Waals surface area contributed by atoms with Crippen molar-refractivity contribution in [2.75, 3.05) is 26.2 Å². The first-order valence-electron chi connectivity index (χ1n) is 6.96. The third-order valence-electron chi connectivity index (χ3n) is 3.32. The van der Waals surface area contributed by atoms with Gasteiger partial charge in [0, 0.05) is 25.7 Å². The molecule has 116 valence electrons. The van der Waals surface area contributed by atoms with Crippen molar-refractivity contribution >= 4 is 11.9 Å². The standard InChI is InChI=1S/C11H22N2O.C2H2O4/c1-9-6-13(7-10(2)14-9)8-11-4-3-5-12-11;3-1(4)2(5)6/h9-12H,3-8H2,1-2H3;(H,3,4)(H,5,6). The first-order valence-corrected chi connectivity index (χ1v) is 6.96. The predicted molar refractivity (Wildman–Crippen MR) is 72.7 cm³/mol. The van der Waals surface area contributed by atoms with E-state index < -0.39 is 11.9 Å². The van der Waals surface area contributed by atoms with Crippen LogP contribution in [-0.2, 0) is 14.3 Å². The van der Waals surface area contributed by atoms with E-state index in [0.717, 1.165) is 19.1 Å². The summed E-state index contributed by atoms with van der Waals surface area (Å²) in [5, 5.41) is 18.3. The van der Waals surface area contributed by atoms with Gasteiger partial charge in [-0.05, 0) is 33.2 Å². The van der Waals surface area contributed by atoms with E-state index in [1.54, 1.807) is 0 Å². The minimum atomic E-state index is -1.82. The molecule has 2 aliphatic rings. The van der Waals surface area contributed by atoms with E-state index in [1.807, 2.05) is 0 Å². The third kappa shape index (κ3) is 6.31. The molecule has 2 fully saturated rings. The Morgan fingerprint density at radius 2 is 1.75 bits per heavy atom. The van der Waals surface area contributed by atoms with Crippen LogP contribution in [0.1, 0.15) is 26.7 Å². The SMILES string of the molecule is CC1CN(CC2CCCN2)CC(C)O1.O=C(O)C(=O)O. The van der Waals surface area contributed by atoms with E-state index in [0.29, 0.717) is 12.2 Å². The second-order valence-corrected chi connectivity index (χ2v) is 5.38. The lowest BCUT2D eigenvalue weighted by Crippen LogP contribution is -2.49. The first kappa shape index (κ1) is 16.9. The molecular weight excluding hydrogens is 264 g/mol. The lowest BCUT2D eigenvalue weighted by atomic mass is 10.1. The Labute approximate surface area is 118 Å². The highest BCUT2D eigenvalue weighted by Crippen LogP contribution is 2.13. The lowest BCUT2D eigenvalue weighted by molar-refractivity contribution is -0.159. The molecule has 0 saturated carbocycles. The summed E-state index contributed by atoms with van der Waals surface area (Å²) in [6.07, 6.45) is 3.50. The van der Waals surface area contributed by atoms with Gasteiger partial charge in [0.25, 0.3) is 0 Å². The van der Waals surface area contributed by atoms with E-state index >= 15 is 0 Å². The molecule has 0 aromatic heterocycles. The predicted octanol–water partition coefficient (Wildman–Crippen LogP) is 0.00320. The number of hydrogen-bond acceptors (Lipinski definition) is 5. The van der Waals surface area contributed by atoms with Crippen molar-refractivity contribution in [2.45, 2.75) is 44.9 Å². The molecule has 3 atom stereocenters. The molecule has 0 bridgehead atoms. The molecule has 2 heterocycles. The van der Waals surface area contributed by atoms with Crippen LogP contribution < -0.4 is 5.32 Å². The van der Waals surface area contributed by atoms with E-state index in [1.165, 1.54) is 25.9 Å². The number of carboxylic acid groups (broad SMARTS) is 2. The number of carbonyl (C=O) groups is 2. The van der Waals surface area contributed by atoms with Crippen LogP contribution in [0.3, 0.4) is 0 Å². The van der Waals surface area contributed by atoms with Gasteiger partial charge in [-0.15, -0.1) is 0 Å². The van der Waals surface area contributed by atoms with Crippen molar-refractivity contribution in [1.29, 1.82) is 0 Å². The zero-order valence-electron chi connectivity index (χ0n) is 12.0. The fraction of sp³-hybridized carbons (Fsp3) is 0.846. The molecule has 7 heteroatoms. The maximum atomic E-state index is 9.10. The highest BCUT2D eigenvalue weighted by molar-refractivity contribution is 6.27. The highest BCUT2D eigenvalue weighted by Gasteiger charge is 2.25. The van der Waals surface area contributed by atoms with Gasteiger partial charge in [0.15, 0.2) is 0 Å². The second kappa shape index (κ2) is 8.18. The smallest absolute Gasteiger partial charge is 0.414 e. The van der Waals surface area contributed by atoms with Crippen molar-refractivity contribution < 1.29 is 24.5 Å². The maximum Gasteiger partial charge on any atom is 0.414 e. The number of nitrogens with zero attached hydrogens (tertiary/aromatic N) is 1. The van der Waals surface area contributed by atoms with Gasteiger partial charge in [-0.3, -0.25) is 4.90 Å². The van der Waals surface area contributed by atoms with Crippen LogP contribution in [0.4, 0.5) is 0 Å². The Morgan fingerprint density at radius 3 is 2.15 bits per heavy atom. The number of morpholine rings is 1. The molecule has 0 aliphatic carbocycles. The number of aliphatic carboxylic acids is 2. The zero-order valence-corrected chi connectivity index (χ0v) is 12.0. The number of carboxylic acids is 2. The van der Waals surface area contributed by atoms with Gasteiger partial charge in [0.1, 0.15) is 0 Å². The Morgan fingerprint density at radius 1 is 1.20 bits per heavy atom. The molecule has 7 nitrogen and oxygen atoms in total. The van der Waals surface area contributed by atoms with Crippen LogP contribution in [0.25, 0.3) is 0 Å². The summed E-state index contributed by atoms with van der Waals surface area (Å²) in [6, 6.07) is 0.729. The summed E-state index contributed by atoms with van der Waals surface area (Å²) >= 11 is 0. The van der Waals surface area contributed by atoms with Crippen molar-refractivity contribution in [3.05, 3.63) is 0 Å². The van der Waals surface area contributed by atoms with Crippen LogP contribution in [0.2, 0.25) is 0 Å². The summed E-state index contributed by atoms with van der Waals surface area (Å²) in [5.41, 5.74) is 0. The van der Waals surface area contributed by atoms with Crippen LogP contribution in [0.5, 0.6) is 0 Å². The molecule has 2 saturated heterocycles. The molecule has 3 N–H and O–H groups in total. The fourth-order valence-corrected chi connectivity index (χ4v) is 2.66.